The first kappa shape index (κ1) is 14.9. The molecule has 0 aliphatic rings. The second kappa shape index (κ2) is 5.45. The molecule has 0 saturated heterocycles. The fraction of sp³-hybridized carbons (Fsp3) is 0.294. The van der Waals surface area contributed by atoms with Crippen LogP contribution in [-0.4, -0.2) is 0 Å². The molecule has 0 spiro atoms. The van der Waals surface area contributed by atoms with Gasteiger partial charge in [0.1, 0.15) is 5.75 Å². The fourth-order valence-electron chi connectivity index (χ4n) is 1.87. The quantitative estimate of drug-likeness (QED) is 0.672. The van der Waals surface area contributed by atoms with Crippen LogP contribution in [0.15, 0.2) is 36.4 Å². The van der Waals surface area contributed by atoms with Gasteiger partial charge in [-0.25, -0.2) is 4.39 Å². The van der Waals surface area contributed by atoms with Gasteiger partial charge in [0.05, 0.1) is 5.02 Å². The number of halogens is 2. The summed E-state index contributed by atoms with van der Waals surface area (Å²) >= 11 is 6.23. The van der Waals surface area contributed by atoms with Crippen molar-refractivity contribution in [2.75, 3.05) is 0 Å². The Kier molecular flexibility index (Phi) is 4.05. The summed E-state index contributed by atoms with van der Waals surface area (Å²) in [4.78, 5) is 0. The van der Waals surface area contributed by atoms with Crippen LogP contribution in [0.4, 0.5) is 4.39 Å². The smallest absolute Gasteiger partial charge is 0.168 e. The van der Waals surface area contributed by atoms with Crippen LogP contribution < -0.4 is 4.74 Å². The minimum absolute atomic E-state index is 0.0107. The van der Waals surface area contributed by atoms with Crippen LogP contribution in [0.2, 0.25) is 5.02 Å². The zero-order valence-corrected chi connectivity index (χ0v) is 12.9. The van der Waals surface area contributed by atoms with Crippen molar-refractivity contribution in [1.82, 2.24) is 0 Å². The van der Waals surface area contributed by atoms with E-state index >= 15 is 0 Å². The Labute approximate surface area is 124 Å². The SMILES string of the molecule is Cc1cccc(Oc2ccc(C(C)(C)C)cc2Cl)c1F. The molecule has 0 aliphatic carbocycles. The van der Waals surface area contributed by atoms with Crippen LogP contribution in [0.3, 0.4) is 0 Å². The van der Waals surface area contributed by atoms with E-state index in [2.05, 4.69) is 20.8 Å². The summed E-state index contributed by atoms with van der Waals surface area (Å²) < 4.78 is 19.5. The summed E-state index contributed by atoms with van der Waals surface area (Å²) in [5.74, 6) is 0.294. The van der Waals surface area contributed by atoms with E-state index in [0.717, 1.165) is 5.56 Å². The van der Waals surface area contributed by atoms with Crippen LogP contribution >= 0.6 is 11.6 Å². The van der Waals surface area contributed by atoms with Crippen molar-refractivity contribution in [3.05, 3.63) is 58.4 Å². The topological polar surface area (TPSA) is 9.23 Å². The largest absolute Gasteiger partial charge is 0.453 e. The Bertz CT molecular complexity index is 629. The molecule has 0 aliphatic heterocycles. The maximum Gasteiger partial charge on any atom is 0.168 e. The predicted molar refractivity (Wildman–Crippen MR) is 81.4 cm³/mol. The van der Waals surface area contributed by atoms with Crippen molar-refractivity contribution in [1.29, 1.82) is 0 Å². The molecule has 20 heavy (non-hydrogen) atoms. The minimum Gasteiger partial charge on any atom is -0.453 e. The highest BCUT2D eigenvalue weighted by Gasteiger charge is 2.16. The lowest BCUT2D eigenvalue weighted by atomic mass is 9.87. The van der Waals surface area contributed by atoms with E-state index in [-0.39, 0.29) is 17.0 Å². The van der Waals surface area contributed by atoms with Crippen molar-refractivity contribution in [2.24, 2.45) is 0 Å². The average molecular weight is 293 g/mol. The first-order chi connectivity index (χ1) is 9.29. The van der Waals surface area contributed by atoms with Crippen LogP contribution in [0.25, 0.3) is 0 Å². The van der Waals surface area contributed by atoms with Crippen molar-refractivity contribution < 1.29 is 9.13 Å². The molecule has 106 valence electrons. The minimum atomic E-state index is -0.358. The normalized spacial score (nSPS) is 11.5. The molecule has 0 amide bonds. The third-order valence-electron chi connectivity index (χ3n) is 3.17. The monoisotopic (exact) mass is 292 g/mol. The van der Waals surface area contributed by atoms with E-state index in [4.69, 9.17) is 16.3 Å². The van der Waals surface area contributed by atoms with Gasteiger partial charge >= 0.3 is 0 Å². The molecule has 0 saturated carbocycles. The maximum atomic E-state index is 13.9. The van der Waals surface area contributed by atoms with Gasteiger partial charge in [0.15, 0.2) is 11.6 Å². The Morgan fingerprint density at radius 2 is 1.75 bits per heavy atom. The van der Waals surface area contributed by atoms with Gasteiger partial charge in [-0.15, -0.1) is 0 Å². The third-order valence-corrected chi connectivity index (χ3v) is 3.47. The molecule has 2 aromatic carbocycles. The van der Waals surface area contributed by atoms with E-state index in [1.165, 1.54) is 0 Å². The highest BCUT2D eigenvalue weighted by Crippen LogP contribution is 2.34. The van der Waals surface area contributed by atoms with Crippen molar-refractivity contribution in [3.8, 4) is 11.5 Å². The summed E-state index contributed by atoms with van der Waals surface area (Å²) in [6, 6.07) is 10.7. The maximum absolute atomic E-state index is 13.9. The molecule has 2 rings (SSSR count). The highest BCUT2D eigenvalue weighted by molar-refractivity contribution is 6.32. The molecule has 1 nitrogen and oxygen atoms in total. The van der Waals surface area contributed by atoms with Gasteiger partial charge in [0.2, 0.25) is 0 Å². The van der Waals surface area contributed by atoms with Gasteiger partial charge in [-0.3, -0.25) is 0 Å². The zero-order chi connectivity index (χ0) is 14.9. The van der Waals surface area contributed by atoms with Gasteiger partial charge in [-0.05, 0) is 41.7 Å². The van der Waals surface area contributed by atoms with Gasteiger partial charge in [-0.2, -0.15) is 0 Å². The molecule has 0 aromatic heterocycles. The molecular formula is C17H18ClFO. The number of aryl methyl sites for hydroxylation is 1. The summed E-state index contributed by atoms with van der Waals surface area (Å²) in [6.45, 7) is 8.03. The van der Waals surface area contributed by atoms with Gasteiger partial charge in [0, 0.05) is 0 Å². The number of rotatable bonds is 2. The molecule has 0 unspecified atom stereocenters. The number of ether oxygens (including phenoxy) is 1. The Hall–Kier alpha value is -1.54. The number of hydrogen-bond donors (Lipinski definition) is 0. The molecular weight excluding hydrogens is 275 g/mol. The second-order valence-corrected chi connectivity index (χ2v) is 6.29. The molecule has 3 heteroatoms. The van der Waals surface area contributed by atoms with Crippen LogP contribution in [0.5, 0.6) is 11.5 Å². The molecule has 0 fully saturated rings. The van der Waals surface area contributed by atoms with Crippen LogP contribution in [0.1, 0.15) is 31.9 Å². The number of hydrogen-bond acceptors (Lipinski definition) is 1. The molecule has 0 bridgehead atoms. The lowest BCUT2D eigenvalue weighted by Crippen LogP contribution is -2.10. The number of benzene rings is 2. The van der Waals surface area contributed by atoms with Crippen molar-refractivity contribution in [3.63, 3.8) is 0 Å². The molecule has 0 atom stereocenters. The molecule has 2 aromatic rings. The van der Waals surface area contributed by atoms with E-state index in [1.54, 1.807) is 31.2 Å². The lowest BCUT2D eigenvalue weighted by Gasteiger charge is -2.20. The molecule has 0 radical (unpaired) electrons. The second-order valence-electron chi connectivity index (χ2n) is 5.88. The predicted octanol–water partition coefficient (Wildman–Crippen LogP) is 5.88. The Morgan fingerprint density at radius 1 is 1.05 bits per heavy atom. The zero-order valence-electron chi connectivity index (χ0n) is 12.1. The first-order valence-electron chi connectivity index (χ1n) is 6.52. The summed E-state index contributed by atoms with van der Waals surface area (Å²) in [6.07, 6.45) is 0. The van der Waals surface area contributed by atoms with E-state index in [0.29, 0.717) is 16.3 Å². The van der Waals surface area contributed by atoms with Crippen LogP contribution in [0, 0.1) is 12.7 Å². The van der Waals surface area contributed by atoms with E-state index in [1.807, 2.05) is 12.1 Å². The van der Waals surface area contributed by atoms with Gasteiger partial charge < -0.3 is 4.74 Å². The molecule has 0 heterocycles. The van der Waals surface area contributed by atoms with Crippen molar-refractivity contribution in [2.45, 2.75) is 33.1 Å². The fourth-order valence-corrected chi connectivity index (χ4v) is 2.09. The first-order valence-corrected chi connectivity index (χ1v) is 6.90. The Morgan fingerprint density at radius 3 is 2.35 bits per heavy atom. The lowest BCUT2D eigenvalue weighted by molar-refractivity contribution is 0.439. The van der Waals surface area contributed by atoms with Crippen molar-refractivity contribution >= 4 is 11.6 Å². The Balaban J connectivity index is 2.33. The van der Waals surface area contributed by atoms with Gasteiger partial charge in [-0.1, -0.05) is 50.6 Å². The third kappa shape index (κ3) is 3.13. The van der Waals surface area contributed by atoms with E-state index in [9.17, 15) is 4.39 Å². The van der Waals surface area contributed by atoms with Crippen LogP contribution in [-0.2, 0) is 5.41 Å². The highest BCUT2D eigenvalue weighted by atomic mass is 35.5. The van der Waals surface area contributed by atoms with Gasteiger partial charge in [0.25, 0.3) is 0 Å². The summed E-state index contributed by atoms with van der Waals surface area (Å²) in [5.41, 5.74) is 1.67. The molecule has 0 N–H and O–H groups in total. The standard InChI is InChI=1S/C17H18ClFO/c1-11-6-5-7-15(16(11)19)20-14-9-8-12(10-13(14)18)17(2,3)4/h5-10H,1-4H3. The van der Waals surface area contributed by atoms with E-state index < -0.39 is 0 Å². The summed E-state index contributed by atoms with van der Waals surface area (Å²) in [5, 5.41) is 0.485. The average Bonchev–Trinajstić information content (AvgIpc) is 2.36. The summed E-state index contributed by atoms with van der Waals surface area (Å²) in [7, 11) is 0.